The Kier molecular flexibility index (Phi) is 6.94. The zero-order valence-corrected chi connectivity index (χ0v) is 19.3. The number of hydrogen-bond acceptors (Lipinski definition) is 6. The van der Waals surface area contributed by atoms with Crippen molar-refractivity contribution in [1.29, 1.82) is 5.26 Å². The Bertz CT molecular complexity index is 1070. The quantitative estimate of drug-likeness (QED) is 0.680. The van der Waals surface area contributed by atoms with Crippen molar-refractivity contribution in [3.8, 4) is 17.2 Å². The Morgan fingerprint density at radius 2 is 2.06 bits per heavy atom. The molecule has 2 heterocycles. The summed E-state index contributed by atoms with van der Waals surface area (Å²) < 4.78 is 33.8. The summed E-state index contributed by atoms with van der Waals surface area (Å²) in [5, 5.41) is 20.5. The van der Waals surface area contributed by atoms with Crippen LogP contribution in [0.25, 0.3) is 11.1 Å². The fraction of sp³-hybridized carbons (Fsp3) is 0.520. The van der Waals surface area contributed by atoms with E-state index in [2.05, 4.69) is 11.0 Å². The lowest BCUT2D eigenvalue weighted by molar-refractivity contribution is -0.0420. The van der Waals surface area contributed by atoms with Crippen molar-refractivity contribution in [2.24, 2.45) is 0 Å². The molecular weight excluding hydrogens is 426 g/mol. The number of nitrogens with zero attached hydrogens (tertiary/aromatic N) is 4. The second-order valence-corrected chi connectivity index (χ2v) is 8.98. The maximum Gasteiger partial charge on any atom is 0.166 e. The van der Waals surface area contributed by atoms with Crippen LogP contribution in [0.15, 0.2) is 18.2 Å². The molecule has 0 spiro atoms. The molecule has 2 aliphatic rings. The van der Waals surface area contributed by atoms with E-state index in [4.69, 9.17) is 9.72 Å². The second kappa shape index (κ2) is 9.72. The first-order valence-corrected chi connectivity index (χ1v) is 11.4. The van der Waals surface area contributed by atoms with Gasteiger partial charge in [0.25, 0.3) is 0 Å². The molecule has 1 aliphatic heterocycles. The Morgan fingerprint density at radius 3 is 2.70 bits per heavy atom. The van der Waals surface area contributed by atoms with Crippen molar-refractivity contribution in [2.45, 2.75) is 51.3 Å². The lowest BCUT2D eigenvalue weighted by Crippen LogP contribution is -2.56. The molecule has 2 unspecified atom stereocenters. The van der Waals surface area contributed by atoms with Gasteiger partial charge in [0.05, 0.1) is 11.3 Å². The number of aliphatic hydroxyl groups is 1. The second-order valence-electron chi connectivity index (χ2n) is 8.98. The Morgan fingerprint density at radius 1 is 1.30 bits per heavy atom. The van der Waals surface area contributed by atoms with Crippen LogP contribution in [0.3, 0.4) is 0 Å². The van der Waals surface area contributed by atoms with Gasteiger partial charge >= 0.3 is 0 Å². The Hall–Kier alpha value is -2.60. The summed E-state index contributed by atoms with van der Waals surface area (Å²) in [4.78, 5) is 9.02. The van der Waals surface area contributed by atoms with Crippen LogP contribution in [0.4, 0.5) is 14.6 Å². The van der Waals surface area contributed by atoms with Gasteiger partial charge in [-0.2, -0.15) is 5.26 Å². The minimum Gasteiger partial charge on any atom is -0.385 e. The van der Waals surface area contributed by atoms with Gasteiger partial charge < -0.3 is 14.7 Å². The lowest BCUT2D eigenvalue weighted by atomic mass is 9.93. The van der Waals surface area contributed by atoms with E-state index in [0.29, 0.717) is 55.2 Å². The summed E-state index contributed by atoms with van der Waals surface area (Å²) >= 11 is 0. The SMILES string of the molecule is COCCC(O)N1CCN(c2nc(C3CC3)c(-c3cccc(F)c3F)c(C)c2C#N)CC1C. The van der Waals surface area contributed by atoms with Crippen molar-refractivity contribution < 1.29 is 18.6 Å². The van der Waals surface area contributed by atoms with E-state index >= 15 is 0 Å². The first kappa shape index (κ1) is 23.6. The summed E-state index contributed by atoms with van der Waals surface area (Å²) in [6, 6.07) is 6.45. The van der Waals surface area contributed by atoms with E-state index < -0.39 is 17.9 Å². The number of halogens is 2. The zero-order chi connectivity index (χ0) is 23.7. The molecule has 2 aromatic rings. The molecule has 1 saturated heterocycles. The third-order valence-electron chi connectivity index (χ3n) is 6.69. The average molecular weight is 457 g/mol. The van der Waals surface area contributed by atoms with Crippen LogP contribution in [0, 0.1) is 29.9 Å². The fourth-order valence-corrected chi connectivity index (χ4v) is 4.76. The Labute approximate surface area is 193 Å². The third-order valence-corrected chi connectivity index (χ3v) is 6.69. The minimum atomic E-state index is -0.909. The summed E-state index contributed by atoms with van der Waals surface area (Å²) in [7, 11) is 1.61. The molecule has 0 amide bonds. The Balaban J connectivity index is 1.71. The van der Waals surface area contributed by atoms with Crippen LogP contribution < -0.4 is 4.90 Å². The summed E-state index contributed by atoms with van der Waals surface area (Å²) in [5.41, 5.74) is 2.45. The standard InChI is InChI=1S/C25H30F2N4O2/c1-15-14-30(10-11-31(15)21(32)9-12-33-3)25-19(13-28)16(2)22(24(29-25)17-7-8-17)18-5-4-6-20(26)23(18)27/h4-6,15,17,21,32H,7-12,14H2,1-3H3. The molecule has 1 aliphatic carbocycles. The molecule has 1 aromatic heterocycles. The van der Waals surface area contributed by atoms with Crippen LogP contribution in [0.2, 0.25) is 0 Å². The predicted molar refractivity (Wildman–Crippen MR) is 122 cm³/mol. The van der Waals surface area contributed by atoms with E-state index in [-0.39, 0.29) is 17.5 Å². The summed E-state index contributed by atoms with van der Waals surface area (Å²) in [6.07, 6.45) is 1.82. The third kappa shape index (κ3) is 4.58. The number of hydrogen-bond donors (Lipinski definition) is 1. The molecule has 2 atom stereocenters. The van der Waals surface area contributed by atoms with Gasteiger partial charge in [-0.1, -0.05) is 12.1 Å². The number of nitriles is 1. The maximum atomic E-state index is 14.7. The largest absolute Gasteiger partial charge is 0.385 e. The number of rotatable bonds is 7. The lowest BCUT2D eigenvalue weighted by Gasteiger charge is -2.43. The van der Waals surface area contributed by atoms with Crippen molar-refractivity contribution in [1.82, 2.24) is 9.88 Å². The smallest absolute Gasteiger partial charge is 0.166 e. The number of aliphatic hydroxyl groups excluding tert-OH is 1. The first-order chi connectivity index (χ1) is 15.9. The maximum absolute atomic E-state index is 14.7. The topological polar surface area (TPSA) is 72.6 Å². The van der Waals surface area contributed by atoms with Crippen LogP contribution in [-0.4, -0.2) is 60.6 Å². The van der Waals surface area contributed by atoms with Crippen molar-refractivity contribution in [3.63, 3.8) is 0 Å². The summed E-state index contributed by atoms with van der Waals surface area (Å²) in [6.45, 7) is 6.14. The van der Waals surface area contributed by atoms with E-state index in [0.717, 1.165) is 24.6 Å². The van der Waals surface area contributed by atoms with Crippen molar-refractivity contribution in [3.05, 3.63) is 46.7 Å². The number of pyridine rings is 1. The number of piperazine rings is 1. The van der Waals surface area contributed by atoms with Gasteiger partial charge in [0, 0.05) is 62.9 Å². The molecule has 1 N–H and O–H groups in total. The van der Waals surface area contributed by atoms with Gasteiger partial charge in [-0.15, -0.1) is 0 Å². The van der Waals surface area contributed by atoms with E-state index in [1.54, 1.807) is 20.1 Å². The van der Waals surface area contributed by atoms with Crippen molar-refractivity contribution in [2.75, 3.05) is 38.3 Å². The molecule has 2 fully saturated rings. The monoisotopic (exact) mass is 456 g/mol. The number of anilines is 1. The number of ether oxygens (including phenoxy) is 1. The first-order valence-electron chi connectivity index (χ1n) is 11.4. The number of methoxy groups -OCH3 is 1. The normalized spacial score (nSPS) is 20.0. The summed E-state index contributed by atoms with van der Waals surface area (Å²) in [5.74, 6) is -1.04. The molecule has 176 valence electrons. The van der Waals surface area contributed by atoms with Gasteiger partial charge in [0.15, 0.2) is 11.6 Å². The molecule has 8 heteroatoms. The number of aromatic nitrogens is 1. The predicted octanol–water partition coefficient (Wildman–Crippen LogP) is 3.95. The highest BCUT2D eigenvalue weighted by molar-refractivity contribution is 5.77. The van der Waals surface area contributed by atoms with Crippen LogP contribution in [0.1, 0.15) is 48.9 Å². The number of benzene rings is 1. The van der Waals surface area contributed by atoms with Gasteiger partial charge in [0.2, 0.25) is 0 Å². The highest BCUT2D eigenvalue weighted by Gasteiger charge is 2.35. The van der Waals surface area contributed by atoms with Gasteiger partial charge in [-0.3, -0.25) is 4.90 Å². The minimum absolute atomic E-state index is 0.0453. The average Bonchev–Trinajstić information content (AvgIpc) is 3.64. The molecular formula is C25H30F2N4O2. The van der Waals surface area contributed by atoms with Gasteiger partial charge in [-0.25, -0.2) is 13.8 Å². The highest BCUT2D eigenvalue weighted by atomic mass is 19.2. The van der Waals surface area contributed by atoms with E-state index in [9.17, 15) is 19.1 Å². The highest BCUT2D eigenvalue weighted by Crippen LogP contribution is 2.47. The molecule has 1 aromatic carbocycles. The molecule has 33 heavy (non-hydrogen) atoms. The fourth-order valence-electron chi connectivity index (χ4n) is 4.76. The van der Waals surface area contributed by atoms with Gasteiger partial charge in [-0.05, 0) is 38.3 Å². The van der Waals surface area contributed by atoms with Gasteiger partial charge in [0.1, 0.15) is 18.1 Å². The molecule has 0 bridgehead atoms. The molecule has 1 saturated carbocycles. The van der Waals surface area contributed by atoms with Crippen LogP contribution in [0.5, 0.6) is 0 Å². The van der Waals surface area contributed by atoms with E-state index in [1.165, 1.54) is 6.07 Å². The molecule has 6 nitrogen and oxygen atoms in total. The van der Waals surface area contributed by atoms with Crippen LogP contribution >= 0.6 is 0 Å². The van der Waals surface area contributed by atoms with Crippen molar-refractivity contribution >= 4 is 5.82 Å². The molecule has 0 radical (unpaired) electrons. The van der Waals surface area contributed by atoms with E-state index in [1.807, 2.05) is 11.8 Å². The zero-order valence-electron chi connectivity index (χ0n) is 19.3. The molecule has 4 rings (SSSR count). The van der Waals surface area contributed by atoms with Crippen LogP contribution in [-0.2, 0) is 4.74 Å².